The maximum Gasteiger partial charge on any atom is 0.0973 e. The van der Waals surface area contributed by atoms with Crippen LogP contribution < -0.4 is 0 Å². The van der Waals surface area contributed by atoms with Gasteiger partial charge in [-0.05, 0) is 40.2 Å². The standard InChI is InChI=1S/C9H17N.C7H12FN.C2H6/c1-9(2)10-7-5-3-4-6-8-10;1-9-5-2-3-7(8)4-6-9;1-2/h3-4,9H,5-8H2,1-2H3;3H,2,4-6H2,1H3;1-2H3. The molecule has 2 rings (SSSR count). The smallest absolute Gasteiger partial charge is 0.0973 e. The SMILES string of the molecule is CC.CC(C)N1CCC=CCC1.CN1CCC=C(F)CC1. The lowest BCUT2D eigenvalue weighted by Crippen LogP contribution is -2.31. The van der Waals surface area contributed by atoms with Crippen LogP contribution in [0, 0.1) is 0 Å². The third-order valence-corrected chi connectivity index (χ3v) is 3.67. The van der Waals surface area contributed by atoms with Gasteiger partial charge in [0.05, 0.1) is 5.83 Å². The summed E-state index contributed by atoms with van der Waals surface area (Å²) < 4.78 is 12.5. The molecule has 124 valence electrons. The first-order valence-corrected chi connectivity index (χ1v) is 8.51. The van der Waals surface area contributed by atoms with Crippen molar-refractivity contribution in [3.05, 3.63) is 24.1 Å². The van der Waals surface area contributed by atoms with Crippen molar-refractivity contribution < 1.29 is 4.39 Å². The second-order valence-corrected chi connectivity index (χ2v) is 5.67. The van der Waals surface area contributed by atoms with E-state index in [0.29, 0.717) is 6.42 Å². The Bertz CT molecular complexity index is 288. The fourth-order valence-corrected chi connectivity index (χ4v) is 2.30. The first-order chi connectivity index (χ1) is 10.1. The molecule has 3 heteroatoms. The van der Waals surface area contributed by atoms with Crippen LogP contribution in [0.15, 0.2) is 24.1 Å². The van der Waals surface area contributed by atoms with E-state index in [1.165, 1.54) is 25.9 Å². The van der Waals surface area contributed by atoms with Crippen LogP contribution in [0.25, 0.3) is 0 Å². The molecule has 0 spiro atoms. The van der Waals surface area contributed by atoms with Gasteiger partial charge in [-0.2, -0.15) is 0 Å². The van der Waals surface area contributed by atoms with E-state index in [1.807, 2.05) is 20.9 Å². The van der Waals surface area contributed by atoms with Gasteiger partial charge in [0.1, 0.15) is 0 Å². The van der Waals surface area contributed by atoms with Gasteiger partial charge in [0, 0.05) is 38.6 Å². The van der Waals surface area contributed by atoms with Gasteiger partial charge in [-0.1, -0.05) is 32.1 Å². The molecule has 0 atom stereocenters. The van der Waals surface area contributed by atoms with Crippen molar-refractivity contribution in [1.82, 2.24) is 9.80 Å². The maximum absolute atomic E-state index is 12.5. The Morgan fingerprint density at radius 3 is 2.05 bits per heavy atom. The molecule has 0 aliphatic carbocycles. The maximum atomic E-state index is 12.5. The molecule has 0 radical (unpaired) electrons. The highest BCUT2D eigenvalue weighted by atomic mass is 19.1. The highest BCUT2D eigenvalue weighted by Gasteiger charge is 2.08. The summed E-state index contributed by atoms with van der Waals surface area (Å²) in [6.45, 7) is 12.9. The zero-order valence-corrected chi connectivity index (χ0v) is 14.7. The molecule has 0 unspecified atom stereocenters. The van der Waals surface area contributed by atoms with E-state index < -0.39 is 0 Å². The first kappa shape index (κ1) is 20.3. The summed E-state index contributed by atoms with van der Waals surface area (Å²) in [6.07, 6.45) is 10.2. The van der Waals surface area contributed by atoms with Gasteiger partial charge in [-0.3, -0.25) is 0 Å². The highest BCUT2D eigenvalue weighted by molar-refractivity contribution is 4.94. The zero-order chi connectivity index (χ0) is 16.1. The van der Waals surface area contributed by atoms with Crippen molar-refractivity contribution in [3.8, 4) is 0 Å². The number of halogens is 1. The van der Waals surface area contributed by atoms with Gasteiger partial charge < -0.3 is 9.80 Å². The molecule has 2 aliphatic heterocycles. The molecular formula is C18H35FN2. The predicted molar refractivity (Wildman–Crippen MR) is 92.4 cm³/mol. The van der Waals surface area contributed by atoms with Gasteiger partial charge in [0.15, 0.2) is 0 Å². The minimum Gasteiger partial charge on any atom is -0.306 e. The van der Waals surface area contributed by atoms with E-state index in [-0.39, 0.29) is 5.83 Å². The van der Waals surface area contributed by atoms with Crippen LogP contribution in [-0.4, -0.2) is 49.1 Å². The number of nitrogens with zero attached hydrogens (tertiary/aromatic N) is 2. The van der Waals surface area contributed by atoms with Crippen LogP contribution in [0.2, 0.25) is 0 Å². The minimum atomic E-state index is 0.0550. The fourth-order valence-electron chi connectivity index (χ4n) is 2.30. The lowest BCUT2D eigenvalue weighted by molar-refractivity contribution is 0.234. The molecule has 0 bridgehead atoms. The Morgan fingerprint density at radius 2 is 1.52 bits per heavy atom. The lowest BCUT2D eigenvalue weighted by Gasteiger charge is -2.23. The summed E-state index contributed by atoms with van der Waals surface area (Å²) in [5.41, 5.74) is 0. The van der Waals surface area contributed by atoms with Gasteiger partial charge in [0.2, 0.25) is 0 Å². The number of hydrogen-bond donors (Lipinski definition) is 0. The van der Waals surface area contributed by atoms with Gasteiger partial charge >= 0.3 is 0 Å². The molecule has 0 N–H and O–H groups in total. The molecule has 21 heavy (non-hydrogen) atoms. The molecule has 0 fully saturated rings. The van der Waals surface area contributed by atoms with E-state index in [4.69, 9.17) is 0 Å². The Balaban J connectivity index is 0.000000342. The van der Waals surface area contributed by atoms with E-state index >= 15 is 0 Å². The van der Waals surface area contributed by atoms with E-state index in [0.717, 1.165) is 25.6 Å². The van der Waals surface area contributed by atoms with E-state index in [1.54, 1.807) is 6.08 Å². The summed E-state index contributed by atoms with van der Waals surface area (Å²) in [7, 11) is 2.02. The van der Waals surface area contributed by atoms with E-state index in [2.05, 4.69) is 35.8 Å². The predicted octanol–water partition coefficient (Wildman–Crippen LogP) is 4.64. The van der Waals surface area contributed by atoms with Crippen molar-refractivity contribution in [1.29, 1.82) is 0 Å². The Labute approximate surface area is 131 Å². The van der Waals surface area contributed by atoms with Crippen LogP contribution >= 0.6 is 0 Å². The molecule has 0 saturated carbocycles. The molecule has 2 nitrogen and oxygen atoms in total. The topological polar surface area (TPSA) is 6.48 Å². The Hall–Kier alpha value is -0.670. The molecule has 0 aromatic carbocycles. The molecule has 2 heterocycles. The van der Waals surface area contributed by atoms with Crippen LogP contribution in [0.4, 0.5) is 4.39 Å². The van der Waals surface area contributed by atoms with Crippen molar-refractivity contribution in [3.63, 3.8) is 0 Å². The average Bonchev–Trinajstić information content (AvgIpc) is 2.85. The largest absolute Gasteiger partial charge is 0.306 e. The Morgan fingerprint density at radius 1 is 0.952 bits per heavy atom. The Kier molecular flexibility index (Phi) is 12.6. The van der Waals surface area contributed by atoms with Gasteiger partial charge in [0.25, 0.3) is 0 Å². The van der Waals surface area contributed by atoms with Crippen LogP contribution in [0.1, 0.15) is 53.4 Å². The van der Waals surface area contributed by atoms with Crippen molar-refractivity contribution in [2.45, 2.75) is 59.4 Å². The van der Waals surface area contributed by atoms with Crippen molar-refractivity contribution in [2.75, 3.05) is 33.2 Å². The normalized spacial score (nSPS) is 20.4. The van der Waals surface area contributed by atoms with Crippen LogP contribution in [0.5, 0.6) is 0 Å². The third-order valence-electron chi connectivity index (χ3n) is 3.67. The number of hydrogen-bond acceptors (Lipinski definition) is 2. The summed E-state index contributed by atoms with van der Waals surface area (Å²) in [5, 5.41) is 0. The monoisotopic (exact) mass is 298 g/mol. The molecule has 2 aliphatic rings. The summed E-state index contributed by atoms with van der Waals surface area (Å²) in [5.74, 6) is 0.0550. The zero-order valence-electron chi connectivity index (χ0n) is 14.7. The van der Waals surface area contributed by atoms with Crippen molar-refractivity contribution in [2.24, 2.45) is 0 Å². The lowest BCUT2D eigenvalue weighted by atomic mass is 10.3. The number of rotatable bonds is 1. The highest BCUT2D eigenvalue weighted by Crippen LogP contribution is 2.09. The summed E-state index contributed by atoms with van der Waals surface area (Å²) in [6, 6.07) is 0.722. The van der Waals surface area contributed by atoms with Crippen LogP contribution in [0.3, 0.4) is 0 Å². The third kappa shape index (κ3) is 10.7. The fraction of sp³-hybridized carbons (Fsp3) is 0.778. The van der Waals surface area contributed by atoms with Crippen molar-refractivity contribution >= 4 is 0 Å². The second-order valence-electron chi connectivity index (χ2n) is 5.67. The first-order valence-electron chi connectivity index (χ1n) is 8.51. The van der Waals surface area contributed by atoms with Crippen LogP contribution in [-0.2, 0) is 0 Å². The summed E-state index contributed by atoms with van der Waals surface area (Å²) in [4.78, 5) is 4.67. The van der Waals surface area contributed by atoms with E-state index in [9.17, 15) is 4.39 Å². The molecule has 0 aromatic rings. The molecule has 0 saturated heterocycles. The quantitative estimate of drug-likeness (QED) is 0.651. The summed E-state index contributed by atoms with van der Waals surface area (Å²) >= 11 is 0. The average molecular weight is 298 g/mol. The molecule has 0 amide bonds. The molecular weight excluding hydrogens is 263 g/mol. The second kappa shape index (κ2) is 13.0. The minimum absolute atomic E-state index is 0.0550. The van der Waals surface area contributed by atoms with Gasteiger partial charge in [-0.15, -0.1) is 0 Å². The van der Waals surface area contributed by atoms with Gasteiger partial charge in [-0.25, -0.2) is 4.39 Å². The molecule has 0 aromatic heterocycles.